The van der Waals surface area contributed by atoms with Crippen LogP contribution in [0.25, 0.3) is 21.7 Å². The molecule has 5 nitrogen and oxygen atoms in total. The fourth-order valence-electron chi connectivity index (χ4n) is 3.27. The van der Waals surface area contributed by atoms with E-state index in [9.17, 15) is 4.39 Å². The van der Waals surface area contributed by atoms with E-state index < -0.39 is 5.82 Å². The zero-order chi connectivity index (χ0) is 18.9. The van der Waals surface area contributed by atoms with Crippen molar-refractivity contribution in [3.05, 3.63) is 90.3 Å². The molecule has 0 spiro atoms. The molecule has 0 atom stereocenters. The first-order valence-electron chi connectivity index (χ1n) is 8.85. The average molecular weight is 370 g/mol. The van der Waals surface area contributed by atoms with Crippen molar-refractivity contribution in [3.8, 4) is 11.6 Å². The number of halogens is 1. The van der Waals surface area contributed by atoms with Gasteiger partial charge in [-0.25, -0.2) is 4.39 Å². The molecule has 0 unspecified atom stereocenters. The van der Waals surface area contributed by atoms with Crippen LogP contribution < -0.4 is 4.74 Å². The minimum atomic E-state index is -0.457. The molecule has 0 saturated heterocycles. The molecule has 28 heavy (non-hydrogen) atoms. The van der Waals surface area contributed by atoms with E-state index in [1.165, 1.54) is 6.07 Å². The van der Waals surface area contributed by atoms with Gasteiger partial charge in [0.2, 0.25) is 5.88 Å². The molecule has 0 aliphatic rings. The van der Waals surface area contributed by atoms with Crippen molar-refractivity contribution in [1.82, 2.24) is 20.2 Å². The van der Waals surface area contributed by atoms with Gasteiger partial charge in [-0.2, -0.15) is 5.10 Å². The molecular formula is C22H15FN4O. The van der Waals surface area contributed by atoms with E-state index >= 15 is 0 Å². The Morgan fingerprint density at radius 3 is 2.61 bits per heavy atom. The molecule has 6 heteroatoms. The second-order valence-electron chi connectivity index (χ2n) is 6.48. The van der Waals surface area contributed by atoms with E-state index in [0.717, 1.165) is 27.4 Å². The number of pyridine rings is 1. The minimum absolute atomic E-state index is 0.119. The van der Waals surface area contributed by atoms with Gasteiger partial charge in [-0.1, -0.05) is 18.2 Å². The lowest BCUT2D eigenvalue weighted by Crippen LogP contribution is -2.00. The first-order chi connectivity index (χ1) is 13.8. The van der Waals surface area contributed by atoms with Crippen LogP contribution >= 0.6 is 0 Å². The van der Waals surface area contributed by atoms with Crippen molar-refractivity contribution < 1.29 is 9.13 Å². The van der Waals surface area contributed by atoms with Gasteiger partial charge in [0, 0.05) is 52.8 Å². The van der Waals surface area contributed by atoms with Crippen molar-refractivity contribution in [2.75, 3.05) is 0 Å². The Morgan fingerprint density at radius 1 is 0.929 bits per heavy atom. The molecule has 136 valence electrons. The maximum absolute atomic E-state index is 14.5. The van der Waals surface area contributed by atoms with Gasteiger partial charge in [0.1, 0.15) is 0 Å². The summed E-state index contributed by atoms with van der Waals surface area (Å²) in [6, 6.07) is 16.5. The predicted octanol–water partition coefficient (Wildman–Crippen LogP) is 5.03. The molecule has 0 amide bonds. The summed E-state index contributed by atoms with van der Waals surface area (Å²) in [5.74, 6) is -0.0574. The normalized spacial score (nSPS) is 11.2. The number of aromatic amines is 1. The summed E-state index contributed by atoms with van der Waals surface area (Å²) in [6.07, 6.45) is 5.89. The molecule has 0 bridgehead atoms. The van der Waals surface area contributed by atoms with Crippen LogP contribution in [0.3, 0.4) is 0 Å². The Hall–Kier alpha value is -3.80. The first kappa shape index (κ1) is 16.4. The smallest absolute Gasteiger partial charge is 0.246 e. The number of hydrogen-bond acceptors (Lipinski definition) is 4. The van der Waals surface area contributed by atoms with E-state index in [-0.39, 0.29) is 11.6 Å². The topological polar surface area (TPSA) is 63.7 Å². The Labute approximate surface area is 159 Å². The quantitative estimate of drug-likeness (QED) is 0.482. The van der Waals surface area contributed by atoms with Crippen LogP contribution in [0.1, 0.15) is 11.3 Å². The molecule has 5 rings (SSSR count). The van der Waals surface area contributed by atoms with Crippen LogP contribution in [0.5, 0.6) is 11.6 Å². The Balaban J connectivity index is 1.56. The SMILES string of the molecule is Fc1cc2[nH]ccc2cc1Oc1nnc(Cc2ccncc2)c2ccccc12. The van der Waals surface area contributed by atoms with E-state index in [1.807, 2.05) is 42.5 Å². The summed E-state index contributed by atoms with van der Waals surface area (Å²) < 4.78 is 20.3. The number of rotatable bonds is 4. The average Bonchev–Trinajstić information content (AvgIpc) is 3.18. The lowest BCUT2D eigenvalue weighted by atomic mass is 10.1. The summed E-state index contributed by atoms with van der Waals surface area (Å²) in [7, 11) is 0. The number of ether oxygens (including phenoxy) is 1. The van der Waals surface area contributed by atoms with Gasteiger partial charge in [-0.3, -0.25) is 4.98 Å². The van der Waals surface area contributed by atoms with Gasteiger partial charge >= 0.3 is 0 Å². The number of nitrogens with one attached hydrogen (secondary N) is 1. The van der Waals surface area contributed by atoms with Crippen molar-refractivity contribution in [2.24, 2.45) is 0 Å². The number of aromatic nitrogens is 4. The molecule has 0 aliphatic carbocycles. The zero-order valence-electron chi connectivity index (χ0n) is 14.8. The monoisotopic (exact) mass is 370 g/mol. The molecule has 0 aliphatic heterocycles. The van der Waals surface area contributed by atoms with Gasteiger partial charge in [0.15, 0.2) is 11.6 Å². The molecule has 1 N–H and O–H groups in total. The third-order valence-corrected chi connectivity index (χ3v) is 4.66. The molecule has 5 aromatic rings. The number of hydrogen-bond donors (Lipinski definition) is 1. The number of fused-ring (bicyclic) bond motifs is 2. The van der Waals surface area contributed by atoms with Crippen molar-refractivity contribution in [2.45, 2.75) is 6.42 Å². The maximum Gasteiger partial charge on any atom is 0.246 e. The van der Waals surface area contributed by atoms with Crippen molar-refractivity contribution >= 4 is 21.7 Å². The van der Waals surface area contributed by atoms with Crippen LogP contribution in [-0.2, 0) is 6.42 Å². The van der Waals surface area contributed by atoms with Crippen LogP contribution in [0.15, 0.2) is 73.2 Å². The van der Waals surface area contributed by atoms with E-state index in [1.54, 1.807) is 24.7 Å². The Bertz CT molecular complexity index is 1280. The largest absolute Gasteiger partial charge is 0.434 e. The predicted molar refractivity (Wildman–Crippen MR) is 105 cm³/mol. The molecule has 0 saturated carbocycles. The summed E-state index contributed by atoms with van der Waals surface area (Å²) in [6.45, 7) is 0. The highest BCUT2D eigenvalue weighted by Crippen LogP contribution is 2.32. The molecular weight excluding hydrogens is 355 g/mol. The van der Waals surface area contributed by atoms with Crippen LogP contribution in [0.2, 0.25) is 0 Å². The molecule has 3 heterocycles. The Kier molecular flexibility index (Phi) is 3.94. The fraction of sp³-hybridized carbons (Fsp3) is 0.0455. The van der Waals surface area contributed by atoms with E-state index in [4.69, 9.17) is 4.74 Å². The molecule has 2 aromatic carbocycles. The van der Waals surface area contributed by atoms with Crippen LogP contribution in [0.4, 0.5) is 4.39 Å². The summed E-state index contributed by atoms with van der Waals surface area (Å²) in [4.78, 5) is 7.03. The fourth-order valence-corrected chi connectivity index (χ4v) is 3.27. The number of benzene rings is 2. The molecule has 0 radical (unpaired) electrons. The van der Waals surface area contributed by atoms with Gasteiger partial charge in [-0.05, 0) is 35.9 Å². The Morgan fingerprint density at radius 2 is 1.75 bits per heavy atom. The van der Waals surface area contributed by atoms with Crippen molar-refractivity contribution in [3.63, 3.8) is 0 Å². The third kappa shape index (κ3) is 2.95. The van der Waals surface area contributed by atoms with Gasteiger partial charge in [0.25, 0.3) is 0 Å². The molecule has 3 aromatic heterocycles. The van der Waals surface area contributed by atoms with Crippen LogP contribution in [0, 0.1) is 5.82 Å². The second-order valence-corrected chi connectivity index (χ2v) is 6.48. The van der Waals surface area contributed by atoms with Crippen molar-refractivity contribution in [1.29, 1.82) is 0 Å². The summed E-state index contributed by atoms with van der Waals surface area (Å²) >= 11 is 0. The zero-order valence-corrected chi connectivity index (χ0v) is 14.8. The second kappa shape index (κ2) is 6.74. The van der Waals surface area contributed by atoms with E-state index in [2.05, 4.69) is 20.2 Å². The van der Waals surface area contributed by atoms with Gasteiger partial charge < -0.3 is 9.72 Å². The lowest BCUT2D eigenvalue weighted by molar-refractivity contribution is 0.427. The lowest BCUT2D eigenvalue weighted by Gasteiger charge is -2.11. The van der Waals surface area contributed by atoms with Gasteiger partial charge in [-0.15, -0.1) is 5.10 Å². The summed E-state index contributed by atoms with van der Waals surface area (Å²) in [5, 5.41) is 11.2. The van der Waals surface area contributed by atoms with Crippen LogP contribution in [-0.4, -0.2) is 20.2 Å². The van der Waals surface area contributed by atoms with E-state index in [0.29, 0.717) is 11.9 Å². The standard InChI is InChI=1S/C22H15FN4O/c23-18-13-19-15(7-10-25-19)12-21(18)28-22-17-4-2-1-3-16(17)20(26-27-22)11-14-5-8-24-9-6-14/h1-10,12-13,25H,11H2. The summed E-state index contributed by atoms with van der Waals surface area (Å²) in [5.41, 5.74) is 2.64. The highest BCUT2D eigenvalue weighted by atomic mass is 19.1. The maximum atomic E-state index is 14.5. The number of H-pyrrole nitrogens is 1. The third-order valence-electron chi connectivity index (χ3n) is 4.66. The first-order valence-corrected chi connectivity index (χ1v) is 8.85. The highest BCUT2D eigenvalue weighted by molar-refractivity contribution is 5.89. The van der Waals surface area contributed by atoms with Gasteiger partial charge in [0.05, 0.1) is 5.69 Å². The number of nitrogens with zero attached hydrogens (tertiary/aromatic N) is 3. The highest BCUT2D eigenvalue weighted by Gasteiger charge is 2.14. The minimum Gasteiger partial charge on any atom is -0.434 e. The molecule has 0 fully saturated rings.